The minimum absolute atomic E-state index is 0.154. The van der Waals surface area contributed by atoms with Gasteiger partial charge in [0.1, 0.15) is 12.2 Å². The highest BCUT2D eigenvalue weighted by atomic mass is 16.2. The fraction of sp³-hybridized carbons (Fsp3) is 0.538. The fourth-order valence-corrected chi connectivity index (χ4v) is 2.10. The van der Waals surface area contributed by atoms with Gasteiger partial charge in [0.2, 0.25) is 0 Å². The summed E-state index contributed by atoms with van der Waals surface area (Å²) >= 11 is 0. The third-order valence-electron chi connectivity index (χ3n) is 3.17. The lowest BCUT2D eigenvalue weighted by Crippen LogP contribution is -2.39. The van der Waals surface area contributed by atoms with Gasteiger partial charge in [0.25, 0.3) is 5.56 Å². The maximum atomic E-state index is 12.3. The molecule has 0 bridgehead atoms. The predicted octanol–water partition coefficient (Wildman–Crippen LogP) is -0.420. The molecule has 21 heavy (non-hydrogen) atoms. The van der Waals surface area contributed by atoms with Gasteiger partial charge in [-0.05, 0) is 26.8 Å². The normalized spacial score (nSPS) is 11.2. The summed E-state index contributed by atoms with van der Waals surface area (Å²) in [4.78, 5) is 28.3. The lowest BCUT2D eigenvalue weighted by atomic mass is 10.4. The second kappa shape index (κ2) is 6.49. The average Bonchev–Trinajstić information content (AvgIpc) is 2.90. The third kappa shape index (κ3) is 3.27. The fourth-order valence-electron chi connectivity index (χ4n) is 2.10. The van der Waals surface area contributed by atoms with Crippen LogP contribution < -0.4 is 17.0 Å². The van der Waals surface area contributed by atoms with Crippen LogP contribution >= 0.6 is 0 Å². The highest BCUT2D eigenvalue weighted by molar-refractivity contribution is 4.93. The molecule has 0 atom stereocenters. The quantitative estimate of drug-likeness (QED) is 0.779. The predicted molar refractivity (Wildman–Crippen MR) is 78.1 cm³/mol. The van der Waals surface area contributed by atoms with E-state index in [0.717, 1.165) is 0 Å². The van der Waals surface area contributed by atoms with Crippen molar-refractivity contribution >= 4 is 0 Å². The molecule has 2 rings (SSSR count). The Hall–Kier alpha value is -2.22. The van der Waals surface area contributed by atoms with Gasteiger partial charge in [0, 0.05) is 24.8 Å². The lowest BCUT2D eigenvalue weighted by molar-refractivity contribution is 0.483. The highest BCUT2D eigenvalue weighted by Crippen LogP contribution is 2.05. The Balaban J connectivity index is 2.35. The van der Waals surface area contributed by atoms with Crippen molar-refractivity contribution in [2.45, 2.75) is 39.4 Å². The average molecular weight is 292 g/mol. The molecule has 0 saturated carbocycles. The molecule has 114 valence electrons. The van der Waals surface area contributed by atoms with Crippen molar-refractivity contribution in [1.29, 1.82) is 0 Å². The maximum absolute atomic E-state index is 12.3. The molecule has 2 heterocycles. The molecule has 8 nitrogen and oxygen atoms in total. The van der Waals surface area contributed by atoms with E-state index in [0.29, 0.717) is 25.3 Å². The topological polar surface area (TPSA) is 101 Å². The molecule has 8 heteroatoms. The molecule has 0 spiro atoms. The van der Waals surface area contributed by atoms with E-state index >= 15 is 0 Å². The molecule has 0 saturated heterocycles. The first-order chi connectivity index (χ1) is 10.0. The molecule has 2 aromatic rings. The summed E-state index contributed by atoms with van der Waals surface area (Å²) in [6.45, 7) is 5.01. The molecule has 0 fully saturated rings. The summed E-state index contributed by atoms with van der Waals surface area (Å²) in [5.74, 6) is 0.677. The van der Waals surface area contributed by atoms with Crippen molar-refractivity contribution in [3.8, 4) is 0 Å². The minimum atomic E-state index is -0.353. The summed E-state index contributed by atoms with van der Waals surface area (Å²) in [7, 11) is 0. The van der Waals surface area contributed by atoms with Crippen LogP contribution in [0, 0.1) is 0 Å². The number of nitrogens with zero attached hydrogens (tertiary/aromatic N) is 5. The van der Waals surface area contributed by atoms with Crippen LogP contribution in [0.15, 0.2) is 28.2 Å². The molecule has 0 amide bonds. The van der Waals surface area contributed by atoms with Gasteiger partial charge < -0.3 is 5.73 Å². The molecule has 2 aromatic heterocycles. The Morgan fingerprint density at radius 1 is 1.33 bits per heavy atom. The second-order valence-electron chi connectivity index (χ2n) is 5.07. The molecular formula is C13H20N6O2. The van der Waals surface area contributed by atoms with Crippen molar-refractivity contribution in [3.63, 3.8) is 0 Å². The van der Waals surface area contributed by atoms with E-state index in [1.165, 1.54) is 27.7 Å². The molecule has 0 aliphatic heterocycles. The van der Waals surface area contributed by atoms with Crippen molar-refractivity contribution < 1.29 is 0 Å². The van der Waals surface area contributed by atoms with E-state index in [1.807, 2.05) is 13.8 Å². The zero-order valence-corrected chi connectivity index (χ0v) is 12.3. The van der Waals surface area contributed by atoms with Crippen LogP contribution in [0.25, 0.3) is 0 Å². The van der Waals surface area contributed by atoms with Gasteiger partial charge in [-0.2, -0.15) is 5.10 Å². The largest absolute Gasteiger partial charge is 0.331 e. The molecule has 0 aliphatic carbocycles. The second-order valence-corrected chi connectivity index (χ2v) is 5.07. The number of aromatic nitrogens is 5. The summed E-state index contributed by atoms with van der Waals surface area (Å²) in [6.07, 6.45) is 3.54. The number of rotatable bonds is 6. The molecule has 0 radical (unpaired) electrons. The third-order valence-corrected chi connectivity index (χ3v) is 3.17. The summed E-state index contributed by atoms with van der Waals surface area (Å²) in [6, 6.07) is 1.54. The molecule has 0 aliphatic rings. The van der Waals surface area contributed by atoms with Crippen molar-refractivity contribution in [2.24, 2.45) is 5.73 Å². The van der Waals surface area contributed by atoms with Crippen molar-refractivity contribution in [1.82, 2.24) is 23.9 Å². The summed E-state index contributed by atoms with van der Waals surface area (Å²) in [5.41, 5.74) is 4.77. The van der Waals surface area contributed by atoms with E-state index < -0.39 is 0 Å². The maximum Gasteiger partial charge on any atom is 0.331 e. The zero-order valence-electron chi connectivity index (χ0n) is 12.3. The summed E-state index contributed by atoms with van der Waals surface area (Å²) in [5, 5.41) is 4.14. The Labute approximate surface area is 121 Å². The standard InChI is InChI=1S/C13H20N6O2/c1-10(2)19-11(15-9-16-19)8-17-7-4-12(20)18(13(17)21)6-3-5-14/h4,7,9-10H,3,5-6,8,14H2,1-2H3. The van der Waals surface area contributed by atoms with Gasteiger partial charge in [0.05, 0.1) is 6.54 Å². The molecule has 0 unspecified atom stereocenters. The van der Waals surface area contributed by atoms with Crippen LogP contribution in [-0.4, -0.2) is 30.4 Å². The number of nitrogens with two attached hydrogens (primary N) is 1. The van der Waals surface area contributed by atoms with Crippen LogP contribution in [0.2, 0.25) is 0 Å². The first-order valence-electron chi connectivity index (χ1n) is 6.93. The number of hydrogen-bond donors (Lipinski definition) is 1. The van der Waals surface area contributed by atoms with Gasteiger partial charge >= 0.3 is 5.69 Å². The van der Waals surface area contributed by atoms with Crippen LogP contribution in [0.3, 0.4) is 0 Å². The van der Waals surface area contributed by atoms with Gasteiger partial charge in [0.15, 0.2) is 0 Å². The Morgan fingerprint density at radius 3 is 2.76 bits per heavy atom. The number of hydrogen-bond acceptors (Lipinski definition) is 5. The Kier molecular flexibility index (Phi) is 4.69. The Bertz CT molecular complexity index is 712. The van der Waals surface area contributed by atoms with Crippen molar-refractivity contribution in [3.05, 3.63) is 45.3 Å². The van der Waals surface area contributed by atoms with E-state index in [4.69, 9.17) is 5.73 Å². The van der Waals surface area contributed by atoms with Gasteiger partial charge in [-0.25, -0.2) is 14.5 Å². The molecular weight excluding hydrogens is 272 g/mol. The van der Waals surface area contributed by atoms with Gasteiger partial charge in [-0.3, -0.25) is 13.9 Å². The zero-order chi connectivity index (χ0) is 15.4. The molecule has 2 N–H and O–H groups in total. The monoisotopic (exact) mass is 292 g/mol. The van der Waals surface area contributed by atoms with Crippen LogP contribution in [0.1, 0.15) is 32.1 Å². The first kappa shape index (κ1) is 15.2. The highest BCUT2D eigenvalue weighted by Gasteiger charge is 2.11. The van der Waals surface area contributed by atoms with E-state index in [-0.39, 0.29) is 23.8 Å². The Morgan fingerprint density at radius 2 is 2.10 bits per heavy atom. The summed E-state index contributed by atoms with van der Waals surface area (Å²) < 4.78 is 4.41. The smallest absolute Gasteiger partial charge is 0.330 e. The van der Waals surface area contributed by atoms with Gasteiger partial charge in [-0.15, -0.1) is 0 Å². The van der Waals surface area contributed by atoms with E-state index in [1.54, 1.807) is 4.68 Å². The first-order valence-corrected chi connectivity index (χ1v) is 6.93. The van der Waals surface area contributed by atoms with Crippen LogP contribution in [-0.2, 0) is 13.1 Å². The van der Waals surface area contributed by atoms with Crippen LogP contribution in [0.5, 0.6) is 0 Å². The van der Waals surface area contributed by atoms with E-state index in [2.05, 4.69) is 10.1 Å². The lowest BCUT2D eigenvalue weighted by Gasteiger charge is -2.12. The van der Waals surface area contributed by atoms with Gasteiger partial charge in [-0.1, -0.05) is 0 Å². The SMILES string of the molecule is CC(C)n1ncnc1Cn1ccc(=O)n(CCCN)c1=O. The van der Waals surface area contributed by atoms with Crippen molar-refractivity contribution in [2.75, 3.05) is 6.54 Å². The van der Waals surface area contributed by atoms with E-state index in [9.17, 15) is 9.59 Å². The molecule has 0 aromatic carbocycles. The van der Waals surface area contributed by atoms with Crippen LogP contribution in [0.4, 0.5) is 0 Å². The minimum Gasteiger partial charge on any atom is -0.330 e.